The van der Waals surface area contributed by atoms with E-state index >= 15 is 0 Å². The first-order chi connectivity index (χ1) is 12.4. The second-order valence-corrected chi connectivity index (χ2v) is 7.33. The number of rotatable bonds is 4. The van der Waals surface area contributed by atoms with Crippen LogP contribution < -0.4 is 14.7 Å². The average molecular weight is 405 g/mol. The Morgan fingerprint density at radius 1 is 1.27 bits per heavy atom. The molecule has 0 saturated carbocycles. The number of anilines is 1. The van der Waals surface area contributed by atoms with E-state index in [1.165, 1.54) is 24.1 Å². The normalized spacial score (nSPS) is 15.6. The van der Waals surface area contributed by atoms with E-state index in [-0.39, 0.29) is 11.5 Å². The Hall–Kier alpha value is -2.35. The molecular formula is C18H11ClNO4S2-. The maximum absolute atomic E-state index is 12.7. The van der Waals surface area contributed by atoms with E-state index in [0.29, 0.717) is 31.2 Å². The number of aromatic carboxylic acids is 1. The lowest BCUT2D eigenvalue weighted by Gasteiger charge is -2.15. The van der Waals surface area contributed by atoms with Gasteiger partial charge in [0.25, 0.3) is 5.91 Å². The van der Waals surface area contributed by atoms with Crippen molar-refractivity contribution in [3.8, 4) is 5.75 Å². The number of methoxy groups -OCH3 is 1. The number of thioether (sulfide) groups is 1. The molecule has 0 N–H and O–H groups in total. The zero-order valence-electron chi connectivity index (χ0n) is 13.4. The summed E-state index contributed by atoms with van der Waals surface area (Å²) < 4.78 is 5.49. The van der Waals surface area contributed by atoms with Crippen molar-refractivity contribution in [2.24, 2.45) is 0 Å². The number of carboxylic acids is 1. The molecule has 0 aromatic heterocycles. The number of carbonyl (C=O) groups excluding carboxylic acids is 2. The Labute approximate surface area is 164 Å². The molecule has 0 radical (unpaired) electrons. The van der Waals surface area contributed by atoms with Crippen molar-refractivity contribution >= 4 is 63.5 Å². The number of carboxylic acid groups (broad SMARTS) is 1. The average Bonchev–Trinajstić information content (AvgIpc) is 2.89. The molecule has 2 aromatic rings. The number of carbonyl (C=O) groups is 2. The van der Waals surface area contributed by atoms with Crippen LogP contribution in [0.25, 0.3) is 6.08 Å². The second-order valence-electron chi connectivity index (χ2n) is 5.25. The SMILES string of the molecule is COc1ccc(N2C(=O)/C(=C/c3ccc(C(=O)[O-])cc3)SC2=S)cc1Cl. The lowest BCUT2D eigenvalue weighted by Crippen LogP contribution is -2.27. The van der Waals surface area contributed by atoms with Crippen molar-refractivity contribution in [3.05, 3.63) is 63.5 Å². The van der Waals surface area contributed by atoms with Gasteiger partial charge in [0.05, 0.1) is 28.7 Å². The van der Waals surface area contributed by atoms with Gasteiger partial charge in [-0.25, -0.2) is 0 Å². The van der Waals surface area contributed by atoms with Crippen molar-refractivity contribution in [1.82, 2.24) is 0 Å². The van der Waals surface area contributed by atoms with Crippen LogP contribution in [0.3, 0.4) is 0 Å². The van der Waals surface area contributed by atoms with Crippen molar-refractivity contribution in [2.75, 3.05) is 12.0 Å². The molecular weight excluding hydrogens is 394 g/mol. The molecule has 0 spiro atoms. The first-order valence-electron chi connectivity index (χ1n) is 7.33. The molecule has 5 nitrogen and oxygen atoms in total. The fourth-order valence-corrected chi connectivity index (χ4v) is 3.90. The number of hydrogen-bond acceptors (Lipinski definition) is 6. The molecule has 0 aliphatic carbocycles. The zero-order chi connectivity index (χ0) is 18.8. The van der Waals surface area contributed by atoms with Crippen LogP contribution in [0.2, 0.25) is 5.02 Å². The smallest absolute Gasteiger partial charge is 0.270 e. The highest BCUT2D eigenvalue weighted by Gasteiger charge is 2.33. The second kappa shape index (κ2) is 7.49. The Morgan fingerprint density at radius 3 is 2.54 bits per heavy atom. The largest absolute Gasteiger partial charge is 0.545 e. The summed E-state index contributed by atoms with van der Waals surface area (Å²) in [6, 6.07) is 11.0. The Bertz CT molecular complexity index is 941. The molecule has 0 atom stereocenters. The summed E-state index contributed by atoms with van der Waals surface area (Å²) in [5.74, 6) is -1.02. The molecule has 1 aliphatic rings. The van der Waals surface area contributed by atoms with Gasteiger partial charge in [0, 0.05) is 0 Å². The predicted octanol–water partition coefficient (Wildman–Crippen LogP) is 3.12. The molecule has 1 fully saturated rings. The van der Waals surface area contributed by atoms with E-state index in [9.17, 15) is 14.7 Å². The van der Waals surface area contributed by atoms with Crippen molar-refractivity contribution < 1.29 is 19.4 Å². The van der Waals surface area contributed by atoms with Gasteiger partial charge in [0.1, 0.15) is 5.75 Å². The van der Waals surface area contributed by atoms with E-state index < -0.39 is 5.97 Å². The fraction of sp³-hybridized carbons (Fsp3) is 0.0556. The molecule has 1 saturated heterocycles. The van der Waals surface area contributed by atoms with E-state index in [2.05, 4.69) is 0 Å². The summed E-state index contributed by atoms with van der Waals surface area (Å²) in [7, 11) is 1.51. The summed E-state index contributed by atoms with van der Waals surface area (Å²) >= 11 is 12.6. The van der Waals surface area contributed by atoms with Gasteiger partial charge >= 0.3 is 0 Å². The van der Waals surface area contributed by atoms with Crippen LogP contribution in [0.1, 0.15) is 15.9 Å². The van der Waals surface area contributed by atoms with Gasteiger partial charge in [-0.2, -0.15) is 0 Å². The van der Waals surface area contributed by atoms with Gasteiger partial charge in [0.15, 0.2) is 4.32 Å². The van der Waals surface area contributed by atoms with Crippen LogP contribution in [0.4, 0.5) is 5.69 Å². The third kappa shape index (κ3) is 3.60. The molecule has 132 valence electrons. The van der Waals surface area contributed by atoms with E-state index in [4.69, 9.17) is 28.6 Å². The number of amides is 1. The van der Waals surface area contributed by atoms with Gasteiger partial charge in [-0.15, -0.1) is 0 Å². The lowest BCUT2D eigenvalue weighted by molar-refractivity contribution is -0.255. The monoisotopic (exact) mass is 404 g/mol. The summed E-state index contributed by atoms with van der Waals surface area (Å²) in [6.07, 6.45) is 1.66. The Morgan fingerprint density at radius 2 is 1.96 bits per heavy atom. The molecule has 0 bridgehead atoms. The number of thiocarbonyl (C=S) groups is 1. The van der Waals surface area contributed by atoms with Crippen LogP contribution >= 0.6 is 35.6 Å². The number of benzene rings is 2. The highest BCUT2D eigenvalue weighted by atomic mass is 35.5. The van der Waals surface area contributed by atoms with Crippen LogP contribution in [0.5, 0.6) is 5.75 Å². The number of nitrogens with zero attached hydrogens (tertiary/aromatic N) is 1. The zero-order valence-corrected chi connectivity index (χ0v) is 15.8. The maximum Gasteiger partial charge on any atom is 0.270 e. The summed E-state index contributed by atoms with van der Waals surface area (Å²) in [4.78, 5) is 25.4. The van der Waals surface area contributed by atoms with Crippen molar-refractivity contribution in [3.63, 3.8) is 0 Å². The predicted molar refractivity (Wildman–Crippen MR) is 104 cm³/mol. The molecule has 0 unspecified atom stereocenters. The minimum absolute atomic E-state index is 0.0718. The fourth-order valence-electron chi connectivity index (χ4n) is 2.35. The lowest BCUT2D eigenvalue weighted by atomic mass is 10.1. The highest BCUT2D eigenvalue weighted by Crippen LogP contribution is 2.38. The summed E-state index contributed by atoms with van der Waals surface area (Å²) in [6.45, 7) is 0. The van der Waals surface area contributed by atoms with Crippen LogP contribution in [-0.4, -0.2) is 23.3 Å². The van der Waals surface area contributed by atoms with Crippen molar-refractivity contribution in [1.29, 1.82) is 0 Å². The summed E-state index contributed by atoms with van der Waals surface area (Å²) in [5, 5.41) is 11.2. The van der Waals surface area contributed by atoms with Gasteiger partial charge in [-0.3, -0.25) is 9.69 Å². The van der Waals surface area contributed by atoms with Crippen molar-refractivity contribution in [2.45, 2.75) is 0 Å². The molecule has 1 heterocycles. The minimum Gasteiger partial charge on any atom is -0.545 e. The van der Waals surface area contributed by atoms with Gasteiger partial charge < -0.3 is 14.6 Å². The minimum atomic E-state index is -1.25. The number of hydrogen-bond donors (Lipinski definition) is 0. The van der Waals surface area contributed by atoms with Gasteiger partial charge in [-0.05, 0) is 35.4 Å². The standard InChI is InChI=1S/C18H12ClNO4S2/c1-24-14-7-6-12(9-13(14)19)20-16(21)15(26-18(20)25)8-10-2-4-11(5-3-10)17(22)23/h2-9H,1H3,(H,22,23)/p-1/b15-8-. The van der Waals surface area contributed by atoms with E-state index in [0.717, 1.165) is 11.8 Å². The first-order valence-corrected chi connectivity index (χ1v) is 8.94. The van der Waals surface area contributed by atoms with E-state index in [1.54, 1.807) is 36.4 Å². The topological polar surface area (TPSA) is 69.7 Å². The summed E-state index contributed by atoms with van der Waals surface area (Å²) in [5.41, 5.74) is 1.31. The molecule has 8 heteroatoms. The van der Waals surface area contributed by atoms with E-state index in [1.807, 2.05) is 0 Å². The molecule has 1 amide bonds. The molecule has 1 aliphatic heterocycles. The highest BCUT2D eigenvalue weighted by molar-refractivity contribution is 8.27. The quantitative estimate of drug-likeness (QED) is 0.576. The number of ether oxygens (including phenoxy) is 1. The third-order valence-corrected chi connectivity index (χ3v) is 5.23. The molecule has 2 aromatic carbocycles. The van der Waals surface area contributed by atoms with Crippen LogP contribution in [-0.2, 0) is 4.79 Å². The Balaban J connectivity index is 1.88. The van der Waals surface area contributed by atoms with Gasteiger partial charge in [-0.1, -0.05) is 59.8 Å². The molecule has 3 rings (SSSR count). The Kier molecular flexibility index (Phi) is 5.31. The number of halogens is 1. The molecule has 26 heavy (non-hydrogen) atoms. The maximum atomic E-state index is 12.7. The van der Waals surface area contributed by atoms with Crippen LogP contribution in [0, 0.1) is 0 Å². The third-order valence-electron chi connectivity index (χ3n) is 3.63. The van der Waals surface area contributed by atoms with Gasteiger partial charge in [0.2, 0.25) is 0 Å². The first kappa shape index (κ1) is 18.4. The van der Waals surface area contributed by atoms with Crippen LogP contribution in [0.15, 0.2) is 47.4 Å².